The highest BCUT2D eigenvalue weighted by Crippen LogP contribution is 2.24. The number of thioether (sulfide) groups is 1. The van der Waals surface area contributed by atoms with Crippen LogP contribution in [0.4, 0.5) is 5.69 Å². The summed E-state index contributed by atoms with van der Waals surface area (Å²) in [4.78, 5) is 11.7. The van der Waals surface area contributed by atoms with Crippen molar-refractivity contribution in [3.63, 3.8) is 0 Å². The van der Waals surface area contributed by atoms with Crippen LogP contribution in [0, 0.1) is 6.92 Å². The summed E-state index contributed by atoms with van der Waals surface area (Å²) in [6.07, 6.45) is 0. The van der Waals surface area contributed by atoms with Crippen molar-refractivity contribution in [2.45, 2.75) is 25.5 Å². The van der Waals surface area contributed by atoms with Gasteiger partial charge >= 0.3 is 5.97 Å². The molecule has 0 bridgehead atoms. The van der Waals surface area contributed by atoms with Gasteiger partial charge in [-0.25, -0.2) is 0 Å². The quantitative estimate of drug-likeness (QED) is 0.430. The summed E-state index contributed by atoms with van der Waals surface area (Å²) in [7, 11) is 0. The molecule has 0 saturated heterocycles. The smallest absolute Gasteiger partial charge is 0.316 e. The predicted molar refractivity (Wildman–Crippen MR) is 112 cm³/mol. The van der Waals surface area contributed by atoms with Gasteiger partial charge in [0.2, 0.25) is 0 Å². The number of hydrogen-bond donors (Lipinski definition) is 1. The van der Waals surface area contributed by atoms with Gasteiger partial charge in [0.05, 0.1) is 18.9 Å². The summed E-state index contributed by atoms with van der Waals surface area (Å²) in [6.45, 7) is 4.68. The molecule has 2 aromatic carbocycles. The third kappa shape index (κ3) is 5.27. The van der Waals surface area contributed by atoms with Crippen molar-refractivity contribution in [2.75, 3.05) is 17.7 Å². The maximum absolute atomic E-state index is 11.7. The van der Waals surface area contributed by atoms with E-state index in [1.165, 1.54) is 17.3 Å². The zero-order valence-corrected chi connectivity index (χ0v) is 17.3. The van der Waals surface area contributed by atoms with E-state index in [1.54, 1.807) is 6.92 Å². The van der Waals surface area contributed by atoms with E-state index in [0.29, 0.717) is 23.3 Å². The van der Waals surface area contributed by atoms with Crippen LogP contribution < -0.4 is 5.32 Å². The SMILES string of the molecule is CCOC(=O)CSc1nnc(CNc2ccc(C)cc2)n1-c1ccc(Cl)cc1. The molecule has 0 fully saturated rings. The Morgan fingerprint density at radius 3 is 2.54 bits per heavy atom. The van der Waals surface area contributed by atoms with E-state index in [0.717, 1.165) is 17.2 Å². The highest BCUT2D eigenvalue weighted by Gasteiger charge is 2.16. The zero-order chi connectivity index (χ0) is 19.9. The average Bonchev–Trinajstić information content (AvgIpc) is 3.10. The number of rotatable bonds is 8. The third-order valence-corrected chi connectivity index (χ3v) is 5.07. The third-order valence-electron chi connectivity index (χ3n) is 3.91. The van der Waals surface area contributed by atoms with Gasteiger partial charge in [-0.2, -0.15) is 0 Å². The molecule has 146 valence electrons. The van der Waals surface area contributed by atoms with Crippen LogP contribution in [-0.4, -0.2) is 33.1 Å². The number of halogens is 1. The van der Waals surface area contributed by atoms with E-state index in [-0.39, 0.29) is 11.7 Å². The lowest BCUT2D eigenvalue weighted by atomic mass is 10.2. The van der Waals surface area contributed by atoms with Crippen molar-refractivity contribution >= 4 is 35.0 Å². The van der Waals surface area contributed by atoms with E-state index < -0.39 is 0 Å². The van der Waals surface area contributed by atoms with Gasteiger partial charge in [-0.15, -0.1) is 10.2 Å². The van der Waals surface area contributed by atoms with E-state index in [4.69, 9.17) is 16.3 Å². The highest BCUT2D eigenvalue weighted by atomic mass is 35.5. The minimum atomic E-state index is -0.280. The molecule has 0 spiro atoms. The number of esters is 1. The highest BCUT2D eigenvalue weighted by molar-refractivity contribution is 7.99. The molecule has 6 nitrogen and oxygen atoms in total. The lowest BCUT2D eigenvalue weighted by Crippen LogP contribution is -2.10. The molecule has 1 N–H and O–H groups in total. The van der Waals surface area contributed by atoms with Crippen molar-refractivity contribution < 1.29 is 9.53 Å². The Morgan fingerprint density at radius 1 is 1.14 bits per heavy atom. The Morgan fingerprint density at radius 2 is 1.86 bits per heavy atom. The molecule has 0 aliphatic carbocycles. The van der Waals surface area contributed by atoms with Crippen molar-refractivity contribution in [3.05, 3.63) is 64.9 Å². The van der Waals surface area contributed by atoms with Gasteiger partial charge in [-0.3, -0.25) is 9.36 Å². The number of nitrogens with zero attached hydrogens (tertiary/aromatic N) is 3. The van der Waals surface area contributed by atoms with E-state index in [9.17, 15) is 4.79 Å². The Balaban J connectivity index is 1.83. The molecule has 3 aromatic rings. The Kier molecular flexibility index (Phi) is 6.95. The maximum atomic E-state index is 11.7. The summed E-state index contributed by atoms with van der Waals surface area (Å²) >= 11 is 7.32. The van der Waals surface area contributed by atoms with Crippen LogP contribution >= 0.6 is 23.4 Å². The van der Waals surface area contributed by atoms with Crippen molar-refractivity contribution in [1.82, 2.24) is 14.8 Å². The van der Waals surface area contributed by atoms with E-state index >= 15 is 0 Å². The lowest BCUT2D eigenvalue weighted by Gasteiger charge is -2.11. The van der Waals surface area contributed by atoms with Gasteiger partial charge in [0, 0.05) is 16.4 Å². The average molecular weight is 417 g/mol. The van der Waals surface area contributed by atoms with E-state index in [1.807, 2.05) is 60.0 Å². The number of carbonyl (C=O) groups is 1. The minimum Gasteiger partial charge on any atom is -0.465 e. The van der Waals surface area contributed by atoms with Crippen LogP contribution in [0.1, 0.15) is 18.3 Å². The van der Waals surface area contributed by atoms with Gasteiger partial charge in [-0.1, -0.05) is 41.1 Å². The number of carbonyl (C=O) groups excluding carboxylic acids is 1. The summed E-state index contributed by atoms with van der Waals surface area (Å²) in [5, 5.41) is 13.2. The first-order valence-electron chi connectivity index (χ1n) is 8.86. The fraction of sp³-hybridized carbons (Fsp3) is 0.250. The van der Waals surface area contributed by atoms with Gasteiger partial charge in [0.15, 0.2) is 11.0 Å². The van der Waals surface area contributed by atoms with E-state index in [2.05, 4.69) is 15.5 Å². The van der Waals surface area contributed by atoms with Crippen LogP contribution in [0.5, 0.6) is 0 Å². The number of aromatic nitrogens is 3. The van der Waals surface area contributed by atoms with Crippen LogP contribution in [0.25, 0.3) is 5.69 Å². The largest absolute Gasteiger partial charge is 0.465 e. The molecule has 1 heterocycles. The fourth-order valence-corrected chi connectivity index (χ4v) is 3.43. The molecule has 28 heavy (non-hydrogen) atoms. The number of aryl methyl sites for hydroxylation is 1. The van der Waals surface area contributed by atoms with Gasteiger partial charge in [-0.05, 0) is 50.2 Å². The van der Waals surface area contributed by atoms with Crippen LogP contribution in [0.3, 0.4) is 0 Å². The monoisotopic (exact) mass is 416 g/mol. The Labute approximate surface area is 173 Å². The fourth-order valence-electron chi connectivity index (χ4n) is 2.54. The van der Waals surface area contributed by atoms with Gasteiger partial charge < -0.3 is 10.1 Å². The second kappa shape index (κ2) is 9.61. The molecule has 0 saturated carbocycles. The molecular formula is C20H21ClN4O2S. The molecule has 0 atom stereocenters. The first kappa shape index (κ1) is 20.2. The van der Waals surface area contributed by atoms with Crippen molar-refractivity contribution in [1.29, 1.82) is 0 Å². The molecular weight excluding hydrogens is 396 g/mol. The minimum absolute atomic E-state index is 0.172. The second-order valence-corrected chi connectivity index (χ2v) is 7.40. The first-order chi connectivity index (χ1) is 13.6. The first-order valence-corrected chi connectivity index (χ1v) is 10.2. The number of anilines is 1. The van der Waals surface area contributed by atoms with Gasteiger partial charge in [0.1, 0.15) is 0 Å². The maximum Gasteiger partial charge on any atom is 0.316 e. The van der Waals surface area contributed by atoms with Crippen LogP contribution in [0.15, 0.2) is 53.7 Å². The number of benzene rings is 2. The summed E-state index contributed by atoms with van der Waals surface area (Å²) in [5.74, 6) is 0.622. The molecule has 0 radical (unpaired) electrons. The topological polar surface area (TPSA) is 69.0 Å². The molecule has 8 heteroatoms. The summed E-state index contributed by atoms with van der Waals surface area (Å²) in [6, 6.07) is 15.6. The predicted octanol–water partition coefficient (Wildman–Crippen LogP) is 4.50. The van der Waals surface area contributed by atoms with Crippen LogP contribution in [-0.2, 0) is 16.1 Å². The van der Waals surface area contributed by atoms with Crippen LogP contribution in [0.2, 0.25) is 5.02 Å². The Hall–Kier alpha value is -2.51. The van der Waals surface area contributed by atoms with Crippen molar-refractivity contribution in [2.24, 2.45) is 0 Å². The zero-order valence-electron chi connectivity index (χ0n) is 15.7. The molecule has 1 aromatic heterocycles. The molecule has 0 aliphatic rings. The molecule has 0 aliphatic heterocycles. The normalized spacial score (nSPS) is 10.7. The molecule has 0 amide bonds. The number of nitrogens with one attached hydrogen (secondary N) is 1. The Bertz CT molecular complexity index is 926. The standard InChI is InChI=1S/C20H21ClN4O2S/c1-3-27-19(26)13-28-20-24-23-18(12-22-16-8-4-14(2)5-9-16)25(20)17-10-6-15(21)7-11-17/h4-11,22H,3,12-13H2,1-2H3. The summed E-state index contributed by atoms with van der Waals surface area (Å²) < 4.78 is 6.92. The summed E-state index contributed by atoms with van der Waals surface area (Å²) in [5.41, 5.74) is 3.07. The number of hydrogen-bond acceptors (Lipinski definition) is 6. The molecule has 0 unspecified atom stereocenters. The number of ether oxygens (including phenoxy) is 1. The van der Waals surface area contributed by atoms with Gasteiger partial charge in [0.25, 0.3) is 0 Å². The molecule has 3 rings (SSSR count). The second-order valence-electron chi connectivity index (χ2n) is 6.02. The van der Waals surface area contributed by atoms with Crippen molar-refractivity contribution in [3.8, 4) is 5.69 Å². The lowest BCUT2D eigenvalue weighted by molar-refractivity contribution is -0.139.